The fraction of sp³-hybridized carbons (Fsp3) is 0.458. The highest BCUT2D eigenvalue weighted by molar-refractivity contribution is 14.0. The standard InChI is InChI=1S/C24H31N3O3.HI/c1-18(19-6-4-3-5-7-19)15-26-23(25-2)27-16-24(10-12-28-13-11-24)20-8-9-21-22(14-20)30-17-29-21;/h3-9,14,18H,10-13,15-17H2,1-2H3,(H2,25,26,27);1H. The second-order valence-electron chi connectivity index (χ2n) is 8.08. The van der Waals surface area contributed by atoms with E-state index in [9.17, 15) is 0 Å². The molecule has 1 unspecified atom stereocenters. The maximum Gasteiger partial charge on any atom is 0.231 e. The molecule has 2 heterocycles. The molecule has 1 atom stereocenters. The number of benzene rings is 2. The van der Waals surface area contributed by atoms with Crippen molar-refractivity contribution in [2.75, 3.05) is 40.1 Å². The number of rotatable bonds is 6. The maximum absolute atomic E-state index is 5.67. The molecule has 7 heteroatoms. The summed E-state index contributed by atoms with van der Waals surface area (Å²) in [4.78, 5) is 4.44. The molecule has 1 fully saturated rings. The summed E-state index contributed by atoms with van der Waals surface area (Å²) in [6.45, 7) is 5.64. The summed E-state index contributed by atoms with van der Waals surface area (Å²) in [5.74, 6) is 2.87. The first kappa shape index (κ1) is 23.7. The predicted molar refractivity (Wildman–Crippen MR) is 134 cm³/mol. The Balaban J connectivity index is 0.00000272. The number of guanidine groups is 1. The molecule has 2 aromatic rings. The van der Waals surface area contributed by atoms with Crippen LogP contribution in [0.25, 0.3) is 0 Å². The zero-order valence-electron chi connectivity index (χ0n) is 18.2. The van der Waals surface area contributed by atoms with Gasteiger partial charge in [0.15, 0.2) is 17.5 Å². The molecular weight excluding hydrogens is 505 g/mol. The van der Waals surface area contributed by atoms with Gasteiger partial charge in [0.25, 0.3) is 0 Å². The van der Waals surface area contributed by atoms with E-state index < -0.39 is 0 Å². The van der Waals surface area contributed by atoms with Crippen LogP contribution >= 0.6 is 24.0 Å². The number of hydrogen-bond acceptors (Lipinski definition) is 4. The molecule has 0 aromatic heterocycles. The first-order chi connectivity index (χ1) is 14.7. The topological polar surface area (TPSA) is 64.1 Å². The van der Waals surface area contributed by atoms with Crippen molar-refractivity contribution in [3.63, 3.8) is 0 Å². The zero-order valence-corrected chi connectivity index (χ0v) is 20.6. The van der Waals surface area contributed by atoms with Crippen LogP contribution in [0.3, 0.4) is 0 Å². The summed E-state index contributed by atoms with van der Waals surface area (Å²) in [7, 11) is 1.82. The molecule has 2 aliphatic heterocycles. The minimum absolute atomic E-state index is 0. The third-order valence-electron chi connectivity index (χ3n) is 6.20. The lowest BCUT2D eigenvalue weighted by Gasteiger charge is -2.38. The van der Waals surface area contributed by atoms with Crippen LogP contribution in [-0.4, -0.2) is 46.1 Å². The second-order valence-corrected chi connectivity index (χ2v) is 8.08. The first-order valence-corrected chi connectivity index (χ1v) is 10.7. The van der Waals surface area contributed by atoms with Crippen LogP contribution < -0.4 is 20.1 Å². The lowest BCUT2D eigenvalue weighted by molar-refractivity contribution is 0.0513. The van der Waals surface area contributed by atoms with E-state index in [0.717, 1.165) is 56.6 Å². The fourth-order valence-corrected chi connectivity index (χ4v) is 4.18. The minimum Gasteiger partial charge on any atom is -0.454 e. The molecule has 0 saturated carbocycles. The van der Waals surface area contributed by atoms with Crippen LogP contribution in [0.4, 0.5) is 0 Å². The Bertz CT molecular complexity index is 870. The van der Waals surface area contributed by atoms with E-state index in [1.807, 2.05) is 19.2 Å². The Morgan fingerprint density at radius 2 is 1.77 bits per heavy atom. The van der Waals surface area contributed by atoms with E-state index in [2.05, 4.69) is 58.9 Å². The van der Waals surface area contributed by atoms with Crippen molar-refractivity contribution in [1.82, 2.24) is 10.6 Å². The van der Waals surface area contributed by atoms with Gasteiger partial charge in [0.1, 0.15) is 0 Å². The minimum atomic E-state index is -0.0259. The predicted octanol–water partition coefficient (Wildman–Crippen LogP) is 4.05. The van der Waals surface area contributed by atoms with E-state index in [-0.39, 0.29) is 29.4 Å². The van der Waals surface area contributed by atoms with E-state index in [4.69, 9.17) is 14.2 Å². The van der Waals surface area contributed by atoms with Gasteiger partial charge in [-0.15, -0.1) is 24.0 Å². The van der Waals surface area contributed by atoms with E-state index in [0.29, 0.717) is 12.7 Å². The van der Waals surface area contributed by atoms with Crippen molar-refractivity contribution in [3.05, 3.63) is 59.7 Å². The molecule has 1 saturated heterocycles. The molecule has 6 nitrogen and oxygen atoms in total. The molecule has 2 N–H and O–H groups in total. The molecule has 0 radical (unpaired) electrons. The van der Waals surface area contributed by atoms with Gasteiger partial charge in [-0.25, -0.2) is 0 Å². The number of halogens is 1. The monoisotopic (exact) mass is 537 g/mol. The smallest absolute Gasteiger partial charge is 0.231 e. The van der Waals surface area contributed by atoms with Crippen molar-refractivity contribution in [3.8, 4) is 11.5 Å². The third kappa shape index (κ3) is 5.63. The highest BCUT2D eigenvalue weighted by Gasteiger charge is 2.35. The van der Waals surface area contributed by atoms with E-state index in [1.165, 1.54) is 11.1 Å². The first-order valence-electron chi connectivity index (χ1n) is 10.7. The Morgan fingerprint density at radius 3 is 2.52 bits per heavy atom. The van der Waals surface area contributed by atoms with E-state index in [1.54, 1.807) is 0 Å². The van der Waals surface area contributed by atoms with Gasteiger partial charge in [0.05, 0.1) is 0 Å². The molecule has 2 aliphatic rings. The Kier molecular flexibility index (Phi) is 8.43. The SMILES string of the molecule is CN=C(NCC(C)c1ccccc1)NCC1(c2ccc3c(c2)OCO3)CCOCC1.I. The quantitative estimate of drug-likeness (QED) is 0.331. The molecule has 0 bridgehead atoms. The second kappa shape index (κ2) is 11.0. The normalized spacial score (nSPS) is 18.1. The highest BCUT2D eigenvalue weighted by Crippen LogP contribution is 2.40. The number of hydrogen-bond donors (Lipinski definition) is 2. The average Bonchev–Trinajstić information content (AvgIpc) is 3.28. The molecule has 0 amide bonds. The Morgan fingerprint density at radius 1 is 1.03 bits per heavy atom. The van der Waals surface area contributed by atoms with Crippen molar-refractivity contribution >= 4 is 29.9 Å². The van der Waals surface area contributed by atoms with Crippen LogP contribution in [0, 0.1) is 0 Å². The van der Waals surface area contributed by atoms with Gasteiger partial charge in [-0.3, -0.25) is 4.99 Å². The summed E-state index contributed by atoms with van der Waals surface area (Å²) < 4.78 is 16.8. The lowest BCUT2D eigenvalue weighted by atomic mass is 9.74. The van der Waals surface area contributed by atoms with Gasteiger partial charge in [0, 0.05) is 38.8 Å². The summed E-state index contributed by atoms with van der Waals surface area (Å²) in [5.41, 5.74) is 2.56. The summed E-state index contributed by atoms with van der Waals surface area (Å²) in [6, 6.07) is 16.9. The van der Waals surface area contributed by atoms with Crippen LogP contribution in [-0.2, 0) is 10.2 Å². The van der Waals surface area contributed by atoms with Gasteiger partial charge in [-0.1, -0.05) is 43.3 Å². The fourth-order valence-electron chi connectivity index (χ4n) is 4.18. The highest BCUT2D eigenvalue weighted by atomic mass is 127. The summed E-state index contributed by atoms with van der Waals surface area (Å²) >= 11 is 0. The number of nitrogens with zero attached hydrogens (tertiary/aromatic N) is 1. The Labute approximate surface area is 201 Å². The maximum atomic E-state index is 5.67. The molecule has 168 valence electrons. The van der Waals surface area contributed by atoms with Gasteiger partial charge in [0.2, 0.25) is 6.79 Å². The molecule has 2 aromatic carbocycles. The zero-order chi connectivity index (χ0) is 20.8. The van der Waals surface area contributed by atoms with Gasteiger partial charge < -0.3 is 24.8 Å². The molecule has 0 aliphatic carbocycles. The molecule has 4 rings (SSSR count). The van der Waals surface area contributed by atoms with Crippen LogP contribution in [0.15, 0.2) is 53.5 Å². The third-order valence-corrected chi connectivity index (χ3v) is 6.20. The number of aliphatic imine (C=N–C) groups is 1. The number of fused-ring (bicyclic) bond motifs is 1. The molecule has 31 heavy (non-hydrogen) atoms. The number of nitrogens with one attached hydrogen (secondary N) is 2. The van der Waals surface area contributed by atoms with Crippen molar-refractivity contribution in [1.29, 1.82) is 0 Å². The molecular formula is C24H32IN3O3. The van der Waals surface area contributed by atoms with Gasteiger partial charge in [-0.05, 0) is 42.0 Å². The van der Waals surface area contributed by atoms with Gasteiger partial charge >= 0.3 is 0 Å². The average molecular weight is 537 g/mol. The van der Waals surface area contributed by atoms with Crippen molar-refractivity contribution < 1.29 is 14.2 Å². The Hall–Kier alpha value is -2.00. The summed E-state index contributed by atoms with van der Waals surface area (Å²) in [5, 5.41) is 7.04. The van der Waals surface area contributed by atoms with E-state index >= 15 is 0 Å². The van der Waals surface area contributed by atoms with Gasteiger partial charge in [-0.2, -0.15) is 0 Å². The van der Waals surface area contributed by atoms with Crippen molar-refractivity contribution in [2.45, 2.75) is 31.1 Å². The molecule has 0 spiro atoms. The van der Waals surface area contributed by atoms with Crippen LogP contribution in [0.5, 0.6) is 11.5 Å². The van der Waals surface area contributed by atoms with Crippen LogP contribution in [0.1, 0.15) is 36.8 Å². The largest absolute Gasteiger partial charge is 0.454 e. The lowest BCUT2D eigenvalue weighted by Crippen LogP contribution is -2.48. The van der Waals surface area contributed by atoms with Crippen molar-refractivity contribution in [2.24, 2.45) is 4.99 Å². The van der Waals surface area contributed by atoms with Crippen LogP contribution in [0.2, 0.25) is 0 Å². The summed E-state index contributed by atoms with van der Waals surface area (Å²) in [6.07, 6.45) is 1.91. The number of ether oxygens (including phenoxy) is 3.